The minimum absolute atomic E-state index is 0.301. The topological polar surface area (TPSA) is 58.9 Å². The Morgan fingerprint density at radius 3 is 2.58 bits per heavy atom. The van der Waals surface area contributed by atoms with Crippen molar-refractivity contribution in [1.29, 1.82) is 0 Å². The van der Waals surface area contributed by atoms with Crippen LogP contribution in [-0.4, -0.2) is 41.4 Å². The molecular formula is C8H16O4. The van der Waals surface area contributed by atoms with E-state index in [2.05, 4.69) is 0 Å². The molecule has 0 aliphatic carbocycles. The quantitative estimate of drug-likeness (QED) is 0.584. The van der Waals surface area contributed by atoms with Crippen LogP contribution in [0.2, 0.25) is 0 Å². The van der Waals surface area contributed by atoms with Crippen molar-refractivity contribution in [2.24, 2.45) is 0 Å². The molecule has 0 aromatic carbocycles. The first-order chi connectivity index (χ1) is 5.47. The molecule has 1 heterocycles. The highest BCUT2D eigenvalue weighted by atomic mass is 16.7. The maximum atomic E-state index is 9.70. The number of hydrogen-bond acceptors (Lipinski definition) is 4. The Balaban J connectivity index is 2.65. The fraction of sp³-hybridized carbons (Fsp3) is 1.00. The molecule has 72 valence electrons. The van der Waals surface area contributed by atoms with Gasteiger partial charge in [0.2, 0.25) is 0 Å². The number of aliphatic hydroxyl groups excluding tert-OH is 1. The highest BCUT2D eigenvalue weighted by Crippen LogP contribution is 2.28. The Labute approximate surface area is 72.1 Å². The van der Waals surface area contributed by atoms with Crippen LogP contribution in [0.3, 0.4) is 0 Å². The van der Waals surface area contributed by atoms with Gasteiger partial charge in [-0.2, -0.15) is 0 Å². The molecule has 1 aliphatic rings. The van der Waals surface area contributed by atoms with Crippen LogP contribution in [0, 0.1) is 0 Å². The van der Waals surface area contributed by atoms with Crippen molar-refractivity contribution in [1.82, 2.24) is 0 Å². The highest BCUT2D eigenvalue weighted by molar-refractivity contribution is 4.90. The van der Waals surface area contributed by atoms with E-state index in [4.69, 9.17) is 9.47 Å². The molecular weight excluding hydrogens is 160 g/mol. The smallest absolute Gasteiger partial charge is 0.160 e. The summed E-state index contributed by atoms with van der Waals surface area (Å²) in [5.41, 5.74) is -1.11. The van der Waals surface area contributed by atoms with Gasteiger partial charge in [-0.25, -0.2) is 0 Å². The molecule has 1 fully saturated rings. The van der Waals surface area contributed by atoms with E-state index < -0.39 is 24.1 Å². The average Bonchev–Trinajstić information content (AvgIpc) is 1.99. The lowest BCUT2D eigenvalue weighted by atomic mass is 9.89. The summed E-state index contributed by atoms with van der Waals surface area (Å²) in [4.78, 5) is 0. The molecule has 4 heteroatoms. The lowest BCUT2D eigenvalue weighted by Crippen LogP contribution is -2.54. The first-order valence-electron chi connectivity index (χ1n) is 4.06. The van der Waals surface area contributed by atoms with E-state index in [1.165, 1.54) is 7.11 Å². The summed E-state index contributed by atoms with van der Waals surface area (Å²) < 4.78 is 10.2. The summed E-state index contributed by atoms with van der Waals surface area (Å²) in [6, 6.07) is 0. The SMILES string of the molecule is COC1C[C@@](C)(O)[C@@H](O)C(C)O1. The highest BCUT2D eigenvalue weighted by Gasteiger charge is 2.43. The largest absolute Gasteiger partial charge is 0.387 e. The number of ether oxygens (including phenoxy) is 2. The van der Waals surface area contributed by atoms with E-state index in [9.17, 15) is 10.2 Å². The molecule has 0 saturated carbocycles. The first-order valence-corrected chi connectivity index (χ1v) is 4.06. The number of rotatable bonds is 1. The summed E-state index contributed by atoms with van der Waals surface area (Å²) in [7, 11) is 1.52. The van der Waals surface area contributed by atoms with Crippen molar-refractivity contribution in [2.45, 2.75) is 44.4 Å². The van der Waals surface area contributed by atoms with Crippen LogP contribution in [0.4, 0.5) is 0 Å². The van der Waals surface area contributed by atoms with Gasteiger partial charge in [0, 0.05) is 13.5 Å². The van der Waals surface area contributed by atoms with Crippen LogP contribution in [0.25, 0.3) is 0 Å². The Morgan fingerprint density at radius 2 is 2.17 bits per heavy atom. The molecule has 4 atom stereocenters. The third kappa shape index (κ3) is 1.77. The Hall–Kier alpha value is -0.160. The summed E-state index contributed by atoms with van der Waals surface area (Å²) >= 11 is 0. The van der Waals surface area contributed by atoms with Gasteiger partial charge >= 0.3 is 0 Å². The fourth-order valence-electron chi connectivity index (χ4n) is 1.46. The van der Waals surface area contributed by atoms with Gasteiger partial charge < -0.3 is 19.7 Å². The molecule has 0 amide bonds. The molecule has 1 aliphatic heterocycles. The minimum Gasteiger partial charge on any atom is -0.387 e. The normalized spacial score (nSPS) is 49.2. The van der Waals surface area contributed by atoms with E-state index in [1.54, 1.807) is 13.8 Å². The molecule has 2 unspecified atom stereocenters. The lowest BCUT2D eigenvalue weighted by Gasteiger charge is -2.41. The van der Waals surface area contributed by atoms with Gasteiger partial charge in [0.25, 0.3) is 0 Å². The summed E-state index contributed by atoms with van der Waals surface area (Å²) in [6.07, 6.45) is -1.35. The third-order valence-electron chi connectivity index (χ3n) is 2.29. The second kappa shape index (κ2) is 3.30. The molecule has 0 bridgehead atoms. The van der Waals surface area contributed by atoms with Gasteiger partial charge in [-0.1, -0.05) is 0 Å². The summed E-state index contributed by atoms with van der Waals surface area (Å²) in [5.74, 6) is 0. The maximum absolute atomic E-state index is 9.70. The van der Waals surface area contributed by atoms with Crippen molar-refractivity contribution in [3.05, 3.63) is 0 Å². The zero-order valence-electron chi connectivity index (χ0n) is 7.65. The number of hydrogen-bond donors (Lipinski definition) is 2. The molecule has 0 aromatic rings. The van der Waals surface area contributed by atoms with Gasteiger partial charge in [-0.15, -0.1) is 0 Å². The van der Waals surface area contributed by atoms with E-state index in [0.29, 0.717) is 6.42 Å². The molecule has 12 heavy (non-hydrogen) atoms. The van der Waals surface area contributed by atoms with Crippen molar-refractivity contribution in [2.75, 3.05) is 7.11 Å². The summed E-state index contributed by atoms with van der Waals surface area (Å²) in [6.45, 7) is 3.30. The van der Waals surface area contributed by atoms with Gasteiger partial charge in [0.05, 0.1) is 11.7 Å². The molecule has 2 N–H and O–H groups in total. The zero-order chi connectivity index (χ0) is 9.35. The van der Waals surface area contributed by atoms with E-state index >= 15 is 0 Å². The Bertz CT molecular complexity index is 157. The van der Waals surface area contributed by atoms with Gasteiger partial charge in [-0.3, -0.25) is 0 Å². The van der Waals surface area contributed by atoms with Crippen molar-refractivity contribution < 1.29 is 19.7 Å². The first kappa shape index (κ1) is 9.92. The van der Waals surface area contributed by atoms with E-state index in [0.717, 1.165) is 0 Å². The summed E-state index contributed by atoms with van der Waals surface area (Å²) in [5, 5.41) is 19.2. The van der Waals surface area contributed by atoms with E-state index in [1.807, 2.05) is 0 Å². The fourth-order valence-corrected chi connectivity index (χ4v) is 1.46. The van der Waals surface area contributed by atoms with E-state index in [-0.39, 0.29) is 0 Å². The van der Waals surface area contributed by atoms with Crippen LogP contribution in [-0.2, 0) is 9.47 Å². The molecule has 0 aromatic heterocycles. The molecule has 0 radical (unpaired) electrons. The Morgan fingerprint density at radius 1 is 1.58 bits per heavy atom. The molecule has 0 spiro atoms. The number of methoxy groups -OCH3 is 1. The molecule has 4 nitrogen and oxygen atoms in total. The maximum Gasteiger partial charge on any atom is 0.160 e. The van der Waals surface area contributed by atoms with Crippen LogP contribution in [0.5, 0.6) is 0 Å². The third-order valence-corrected chi connectivity index (χ3v) is 2.29. The Kier molecular flexibility index (Phi) is 2.73. The predicted octanol–water partition coefficient (Wildman–Crippen LogP) is -0.120. The van der Waals surface area contributed by atoms with Gasteiger partial charge in [-0.05, 0) is 13.8 Å². The number of aliphatic hydroxyl groups is 2. The molecule has 1 rings (SSSR count). The minimum atomic E-state index is -1.11. The lowest BCUT2D eigenvalue weighted by molar-refractivity contribution is -0.264. The average molecular weight is 176 g/mol. The second-order valence-electron chi connectivity index (χ2n) is 3.51. The zero-order valence-corrected chi connectivity index (χ0v) is 7.65. The van der Waals surface area contributed by atoms with Crippen LogP contribution in [0.1, 0.15) is 20.3 Å². The van der Waals surface area contributed by atoms with Crippen LogP contribution >= 0.6 is 0 Å². The molecule has 1 saturated heterocycles. The monoisotopic (exact) mass is 176 g/mol. The van der Waals surface area contributed by atoms with Crippen LogP contribution < -0.4 is 0 Å². The van der Waals surface area contributed by atoms with Gasteiger partial charge in [0.1, 0.15) is 6.10 Å². The van der Waals surface area contributed by atoms with Gasteiger partial charge in [0.15, 0.2) is 6.29 Å². The predicted molar refractivity (Wildman–Crippen MR) is 42.6 cm³/mol. The van der Waals surface area contributed by atoms with Crippen molar-refractivity contribution >= 4 is 0 Å². The second-order valence-corrected chi connectivity index (χ2v) is 3.51. The van der Waals surface area contributed by atoms with Crippen molar-refractivity contribution in [3.63, 3.8) is 0 Å². The standard InChI is InChI=1S/C8H16O4/c1-5-7(9)8(2,10)4-6(11-3)12-5/h5-7,9-10H,4H2,1-3H3/t5?,6?,7-,8+/m0/s1. The van der Waals surface area contributed by atoms with Crippen molar-refractivity contribution in [3.8, 4) is 0 Å². The van der Waals surface area contributed by atoms with Crippen LogP contribution in [0.15, 0.2) is 0 Å².